The van der Waals surface area contributed by atoms with E-state index < -0.39 is 130 Å². The summed E-state index contributed by atoms with van der Waals surface area (Å²) in [5.41, 5.74) is -0.849. The SMILES string of the molecule is CCCC(NC(=O)C1CCCN1C(=O)C(NC(=O)C(NC(=O)C(CCC(=O)OC(C)(C)C)NC(=O)C(CCC(=O)OC(C)(C)C)NC(C)=O)C(C)C)C(C)C)C(=O)C(=O)NC(COCc1ccccc1)C(=O)NC. The molecule has 1 aromatic carbocycles. The minimum atomic E-state index is -1.46. The lowest BCUT2D eigenvalue weighted by molar-refractivity contribution is -0.156. The summed E-state index contributed by atoms with van der Waals surface area (Å²) in [5, 5.41) is 18.0. The molecule has 74 heavy (non-hydrogen) atoms. The first-order valence-electron chi connectivity index (χ1n) is 25.4. The highest BCUT2D eigenvalue weighted by molar-refractivity contribution is 6.38. The van der Waals surface area contributed by atoms with E-state index in [9.17, 15) is 52.7 Å². The Bertz CT molecular complexity index is 2120. The molecule has 7 N–H and O–H groups in total. The molecule has 22 heteroatoms. The van der Waals surface area contributed by atoms with Gasteiger partial charge in [-0.1, -0.05) is 71.4 Å². The van der Waals surface area contributed by atoms with E-state index in [1.165, 1.54) is 18.9 Å². The van der Waals surface area contributed by atoms with Crippen LogP contribution in [0.25, 0.3) is 0 Å². The second kappa shape index (κ2) is 30.0. The Kier molecular flexibility index (Phi) is 25.9. The van der Waals surface area contributed by atoms with Crippen LogP contribution >= 0.6 is 0 Å². The van der Waals surface area contributed by atoms with Crippen molar-refractivity contribution < 1.29 is 67.0 Å². The molecule has 22 nitrogen and oxygen atoms in total. The molecule has 0 aliphatic carbocycles. The molecule has 1 aliphatic rings. The third-order valence-corrected chi connectivity index (χ3v) is 11.5. The maximum Gasteiger partial charge on any atom is 0.306 e. The van der Waals surface area contributed by atoms with Gasteiger partial charge in [0, 0.05) is 33.4 Å². The molecule has 0 radical (unpaired) electrons. The van der Waals surface area contributed by atoms with E-state index >= 15 is 0 Å². The molecule has 1 aromatic rings. The lowest BCUT2D eigenvalue weighted by Gasteiger charge is -2.33. The Morgan fingerprint density at radius 3 is 1.66 bits per heavy atom. The molecule has 1 heterocycles. The summed E-state index contributed by atoms with van der Waals surface area (Å²) < 4.78 is 16.4. The van der Waals surface area contributed by atoms with Crippen LogP contribution in [0, 0.1) is 11.8 Å². The molecule has 1 fully saturated rings. The first kappa shape index (κ1) is 63.7. The number of ether oxygens (including phenoxy) is 3. The highest BCUT2D eigenvalue weighted by atomic mass is 16.6. The number of carbonyl (C=O) groups is 11. The topological polar surface area (TPSA) is 303 Å². The van der Waals surface area contributed by atoms with Crippen LogP contribution in [0.1, 0.15) is 140 Å². The van der Waals surface area contributed by atoms with Crippen molar-refractivity contribution in [1.82, 2.24) is 42.1 Å². The molecule has 7 atom stereocenters. The summed E-state index contributed by atoms with van der Waals surface area (Å²) in [5.74, 6) is -9.58. The minimum Gasteiger partial charge on any atom is -0.460 e. The van der Waals surface area contributed by atoms with Gasteiger partial charge >= 0.3 is 11.9 Å². The van der Waals surface area contributed by atoms with Gasteiger partial charge in [0.2, 0.25) is 47.1 Å². The predicted molar refractivity (Wildman–Crippen MR) is 272 cm³/mol. The number of hydrogen-bond donors (Lipinski definition) is 7. The van der Waals surface area contributed by atoms with E-state index in [-0.39, 0.29) is 58.3 Å². The number of ketones is 1. The molecule has 8 amide bonds. The molecule has 0 saturated carbocycles. The second-order valence-corrected chi connectivity index (χ2v) is 21.1. The van der Waals surface area contributed by atoms with Gasteiger partial charge in [0.1, 0.15) is 47.5 Å². The lowest BCUT2D eigenvalue weighted by atomic mass is 9.98. The van der Waals surface area contributed by atoms with Gasteiger partial charge in [0.15, 0.2) is 0 Å². The largest absolute Gasteiger partial charge is 0.460 e. The van der Waals surface area contributed by atoms with Crippen molar-refractivity contribution in [1.29, 1.82) is 0 Å². The Labute approximate surface area is 435 Å². The van der Waals surface area contributed by atoms with Crippen LogP contribution in [0.2, 0.25) is 0 Å². The van der Waals surface area contributed by atoms with E-state index in [0.29, 0.717) is 12.8 Å². The number of esters is 2. The summed E-state index contributed by atoms with van der Waals surface area (Å²) >= 11 is 0. The molecule has 0 aromatic heterocycles. The Morgan fingerprint density at radius 1 is 0.635 bits per heavy atom. The molecule has 0 bridgehead atoms. The zero-order valence-electron chi connectivity index (χ0n) is 45.5. The highest BCUT2D eigenvalue weighted by Crippen LogP contribution is 2.22. The number of nitrogens with zero attached hydrogens (tertiary/aromatic N) is 1. The molecule has 0 spiro atoms. The summed E-state index contributed by atoms with van der Waals surface area (Å²) in [6.07, 6.45) is -0.0234. The maximum absolute atomic E-state index is 14.4. The standard InChI is InChI=1S/C52H82N8O14/c1-14-19-34(43(64)49(70)57-37(44(65)53-13)29-72-28-33-20-16-15-17-21-33)55-47(68)38-22-18-27-60(38)50(71)42(31(4)5)59-48(69)41(30(2)3)58-46(67)36(24-26-40(63)74-52(10,11)12)56-45(66)35(54-32(6)61)23-25-39(62)73-51(7,8)9/h15-17,20-21,30-31,34-38,41-42H,14,18-19,22-29H2,1-13H3,(H,53,65)(H,54,61)(H,55,68)(H,56,66)(H,57,70)(H,58,67)(H,59,69). The van der Waals surface area contributed by atoms with E-state index in [0.717, 1.165) is 5.56 Å². The van der Waals surface area contributed by atoms with Crippen LogP contribution < -0.4 is 37.2 Å². The van der Waals surface area contributed by atoms with Gasteiger partial charge < -0.3 is 56.3 Å². The number of likely N-dealkylation sites (N-methyl/N-ethyl adjacent to an activating group) is 1. The van der Waals surface area contributed by atoms with Gasteiger partial charge in [-0.2, -0.15) is 0 Å². The van der Waals surface area contributed by atoms with E-state index in [1.54, 1.807) is 76.2 Å². The average Bonchev–Trinajstić information content (AvgIpc) is 3.80. The zero-order valence-corrected chi connectivity index (χ0v) is 45.5. The number of rotatable bonds is 28. The Hall–Kier alpha value is -6.45. The molecule has 7 unspecified atom stereocenters. The second-order valence-electron chi connectivity index (χ2n) is 21.1. The van der Waals surface area contributed by atoms with Crippen molar-refractivity contribution in [2.45, 2.75) is 195 Å². The maximum atomic E-state index is 14.4. The van der Waals surface area contributed by atoms with Crippen molar-refractivity contribution in [3.63, 3.8) is 0 Å². The quantitative estimate of drug-likeness (QED) is 0.0466. The molecule has 1 saturated heterocycles. The van der Waals surface area contributed by atoms with Gasteiger partial charge in [0.05, 0.1) is 19.3 Å². The van der Waals surface area contributed by atoms with E-state index in [1.807, 2.05) is 30.3 Å². The zero-order chi connectivity index (χ0) is 56.1. The van der Waals surface area contributed by atoms with E-state index in [2.05, 4.69) is 37.2 Å². The van der Waals surface area contributed by atoms with Crippen molar-refractivity contribution in [2.24, 2.45) is 11.8 Å². The van der Waals surface area contributed by atoms with Crippen molar-refractivity contribution in [3.05, 3.63) is 35.9 Å². The molecule has 1 aliphatic heterocycles. The fraction of sp³-hybridized carbons (Fsp3) is 0.673. The number of Topliss-reactive ketones (excluding diaryl/α,β-unsaturated/α-hetero) is 1. The molecular weight excluding hydrogens is 961 g/mol. The first-order valence-corrected chi connectivity index (χ1v) is 25.4. The summed E-state index contributed by atoms with van der Waals surface area (Å²) in [6.45, 7) is 19.6. The monoisotopic (exact) mass is 1040 g/mol. The van der Waals surface area contributed by atoms with Gasteiger partial charge in [-0.15, -0.1) is 0 Å². The lowest BCUT2D eigenvalue weighted by Crippen LogP contribution is -2.61. The number of nitrogens with one attached hydrogen (secondary N) is 7. The average molecular weight is 1040 g/mol. The summed E-state index contributed by atoms with van der Waals surface area (Å²) in [7, 11) is 1.37. The van der Waals surface area contributed by atoms with Crippen molar-refractivity contribution >= 4 is 65.0 Å². The molecule has 414 valence electrons. The van der Waals surface area contributed by atoms with Crippen LogP contribution in [0.5, 0.6) is 0 Å². The third kappa shape index (κ3) is 22.3. The van der Waals surface area contributed by atoms with Crippen molar-refractivity contribution in [3.8, 4) is 0 Å². The van der Waals surface area contributed by atoms with Crippen LogP contribution in [0.4, 0.5) is 0 Å². The normalized spacial score (nSPS) is 16.0. The highest BCUT2D eigenvalue weighted by Gasteiger charge is 2.42. The predicted octanol–water partition coefficient (Wildman–Crippen LogP) is 1.79. The van der Waals surface area contributed by atoms with E-state index in [4.69, 9.17) is 14.2 Å². The first-order chi connectivity index (χ1) is 34.5. The third-order valence-electron chi connectivity index (χ3n) is 11.5. The van der Waals surface area contributed by atoms with Crippen LogP contribution in [-0.2, 0) is 73.6 Å². The number of carbonyl (C=O) groups excluding carboxylic acids is 11. The minimum absolute atomic E-state index is 0.0658. The molecule has 2 rings (SSSR count). The Morgan fingerprint density at radius 2 is 1.16 bits per heavy atom. The van der Waals surface area contributed by atoms with Gasteiger partial charge in [-0.3, -0.25) is 52.7 Å². The Balaban J connectivity index is 2.29. The van der Waals surface area contributed by atoms with Crippen LogP contribution in [-0.4, -0.2) is 144 Å². The van der Waals surface area contributed by atoms with Gasteiger partial charge in [0.25, 0.3) is 5.91 Å². The van der Waals surface area contributed by atoms with Gasteiger partial charge in [-0.25, -0.2) is 0 Å². The smallest absolute Gasteiger partial charge is 0.306 e. The fourth-order valence-corrected chi connectivity index (χ4v) is 7.83. The fourth-order valence-electron chi connectivity index (χ4n) is 7.83. The summed E-state index contributed by atoms with van der Waals surface area (Å²) in [4.78, 5) is 149. The van der Waals surface area contributed by atoms with Crippen molar-refractivity contribution in [2.75, 3.05) is 20.2 Å². The number of amides is 8. The van der Waals surface area contributed by atoms with Crippen LogP contribution in [0.15, 0.2) is 30.3 Å². The van der Waals surface area contributed by atoms with Gasteiger partial charge in [-0.05, 0) is 91.0 Å². The number of likely N-dealkylation sites (tertiary alicyclic amines) is 1. The summed E-state index contributed by atoms with van der Waals surface area (Å²) in [6, 6.07) is 0.248. The van der Waals surface area contributed by atoms with Crippen LogP contribution in [0.3, 0.4) is 0 Å². The molecular formula is C52H82N8O14. The number of benzene rings is 1. The number of hydrogen-bond acceptors (Lipinski definition) is 14.